The Morgan fingerprint density at radius 3 is 2.59 bits per heavy atom. The lowest BCUT2D eigenvalue weighted by Gasteiger charge is -2.29. The number of aromatic nitrogens is 1. The van der Waals surface area contributed by atoms with Gasteiger partial charge in [-0.3, -0.25) is 4.90 Å². The maximum absolute atomic E-state index is 4.74. The van der Waals surface area contributed by atoms with Crippen LogP contribution in [0.3, 0.4) is 0 Å². The molecule has 1 aliphatic heterocycles. The molecular weight excluding hydrogens is 469 g/mol. The Labute approximate surface area is 183 Å². The lowest BCUT2D eigenvalue weighted by atomic mass is 10.1. The average Bonchev–Trinajstić information content (AvgIpc) is 3.33. The molecule has 0 amide bonds. The maximum atomic E-state index is 4.74. The van der Waals surface area contributed by atoms with Crippen LogP contribution in [0.1, 0.15) is 41.3 Å². The molecule has 5 nitrogen and oxygen atoms in total. The highest BCUT2D eigenvalue weighted by Crippen LogP contribution is 2.24. The van der Waals surface area contributed by atoms with Crippen molar-refractivity contribution in [2.24, 2.45) is 4.99 Å². The van der Waals surface area contributed by atoms with Gasteiger partial charge in [-0.2, -0.15) is 0 Å². The predicted octanol–water partition coefficient (Wildman–Crippen LogP) is 3.96. The number of nitrogens with zero attached hydrogens (tertiary/aromatic N) is 3. The van der Waals surface area contributed by atoms with Gasteiger partial charge in [-0.15, -0.1) is 35.3 Å². The molecule has 1 unspecified atom stereocenters. The Kier molecular flexibility index (Phi) is 9.50. The normalized spacial score (nSPS) is 16.0. The third kappa shape index (κ3) is 6.73. The summed E-state index contributed by atoms with van der Waals surface area (Å²) in [6, 6.07) is 11.2. The highest BCUT2D eigenvalue weighted by Gasteiger charge is 2.23. The minimum Gasteiger partial charge on any atom is -0.357 e. The van der Waals surface area contributed by atoms with Gasteiger partial charge in [0.15, 0.2) is 5.96 Å². The summed E-state index contributed by atoms with van der Waals surface area (Å²) in [4.78, 5) is 12.8. The van der Waals surface area contributed by atoms with Gasteiger partial charge in [-0.1, -0.05) is 30.3 Å². The molecule has 0 bridgehead atoms. The van der Waals surface area contributed by atoms with Crippen LogP contribution in [0.15, 0.2) is 41.5 Å². The van der Waals surface area contributed by atoms with E-state index >= 15 is 0 Å². The first kappa shape index (κ1) is 22.1. The van der Waals surface area contributed by atoms with Crippen molar-refractivity contribution >= 4 is 41.3 Å². The molecule has 3 rings (SSSR count). The van der Waals surface area contributed by atoms with Crippen LogP contribution in [0.4, 0.5) is 0 Å². The fourth-order valence-electron chi connectivity index (χ4n) is 3.36. The zero-order valence-corrected chi connectivity index (χ0v) is 19.3. The van der Waals surface area contributed by atoms with Gasteiger partial charge in [0.2, 0.25) is 0 Å². The Bertz CT molecular complexity index is 697. The predicted molar refractivity (Wildman–Crippen MR) is 125 cm³/mol. The van der Waals surface area contributed by atoms with Crippen molar-refractivity contribution in [1.29, 1.82) is 0 Å². The Hall–Kier alpha value is -1.19. The van der Waals surface area contributed by atoms with Gasteiger partial charge in [0.1, 0.15) is 0 Å². The second-order valence-corrected chi connectivity index (χ2v) is 7.91. The lowest BCUT2D eigenvalue weighted by Crippen LogP contribution is -2.42. The SMILES string of the molecule is CCNC(=NCc1cnc(C)s1)NCC(c1ccccc1)N1CCCC1.I. The molecule has 1 aliphatic rings. The molecule has 1 atom stereocenters. The van der Waals surface area contributed by atoms with Crippen molar-refractivity contribution in [2.75, 3.05) is 26.2 Å². The van der Waals surface area contributed by atoms with Gasteiger partial charge < -0.3 is 10.6 Å². The third-order valence-electron chi connectivity index (χ3n) is 4.64. The first-order valence-corrected chi connectivity index (χ1v) is 10.3. The van der Waals surface area contributed by atoms with Gasteiger partial charge in [0.05, 0.1) is 17.6 Å². The van der Waals surface area contributed by atoms with E-state index in [1.165, 1.54) is 36.4 Å². The molecule has 2 N–H and O–H groups in total. The molecule has 2 aromatic rings. The summed E-state index contributed by atoms with van der Waals surface area (Å²) < 4.78 is 0. The average molecular weight is 499 g/mol. The number of halogens is 1. The van der Waals surface area contributed by atoms with Gasteiger partial charge in [-0.25, -0.2) is 9.98 Å². The number of likely N-dealkylation sites (tertiary alicyclic amines) is 1. The zero-order valence-electron chi connectivity index (χ0n) is 16.1. The van der Waals surface area contributed by atoms with Crippen LogP contribution < -0.4 is 10.6 Å². The summed E-state index contributed by atoms with van der Waals surface area (Å²) >= 11 is 1.71. The molecule has 148 valence electrons. The zero-order chi connectivity index (χ0) is 18.2. The second kappa shape index (κ2) is 11.6. The van der Waals surface area contributed by atoms with E-state index in [1.807, 2.05) is 13.1 Å². The topological polar surface area (TPSA) is 52.6 Å². The number of aryl methyl sites for hydroxylation is 1. The van der Waals surface area contributed by atoms with Crippen molar-refractivity contribution in [3.8, 4) is 0 Å². The molecular formula is C20H30IN5S. The van der Waals surface area contributed by atoms with Crippen LogP contribution in [0, 0.1) is 6.92 Å². The van der Waals surface area contributed by atoms with Crippen molar-refractivity contribution in [3.63, 3.8) is 0 Å². The number of aliphatic imine (C=N–C) groups is 1. The molecule has 27 heavy (non-hydrogen) atoms. The summed E-state index contributed by atoms with van der Waals surface area (Å²) in [5.74, 6) is 0.874. The second-order valence-electron chi connectivity index (χ2n) is 6.59. The van der Waals surface area contributed by atoms with Gasteiger partial charge in [-0.05, 0) is 45.3 Å². The van der Waals surface area contributed by atoms with Crippen LogP contribution in [0.5, 0.6) is 0 Å². The highest BCUT2D eigenvalue weighted by molar-refractivity contribution is 14.0. The molecule has 1 saturated heterocycles. The molecule has 7 heteroatoms. The number of nitrogens with one attached hydrogen (secondary N) is 2. The monoisotopic (exact) mass is 499 g/mol. The molecule has 1 fully saturated rings. The van der Waals surface area contributed by atoms with E-state index in [-0.39, 0.29) is 24.0 Å². The Morgan fingerprint density at radius 2 is 1.96 bits per heavy atom. The highest BCUT2D eigenvalue weighted by atomic mass is 127. The Morgan fingerprint density at radius 1 is 1.22 bits per heavy atom. The number of benzene rings is 1. The number of rotatable bonds is 7. The summed E-state index contributed by atoms with van der Waals surface area (Å²) in [7, 11) is 0. The van der Waals surface area contributed by atoms with E-state index in [0.717, 1.165) is 24.1 Å². The van der Waals surface area contributed by atoms with Gasteiger partial charge >= 0.3 is 0 Å². The maximum Gasteiger partial charge on any atom is 0.191 e. The van der Waals surface area contributed by atoms with Gasteiger partial charge in [0, 0.05) is 24.2 Å². The molecule has 0 spiro atoms. The van der Waals surface area contributed by atoms with E-state index in [0.29, 0.717) is 12.6 Å². The van der Waals surface area contributed by atoms with Crippen molar-refractivity contribution in [2.45, 2.75) is 39.3 Å². The van der Waals surface area contributed by atoms with E-state index < -0.39 is 0 Å². The van der Waals surface area contributed by atoms with E-state index in [4.69, 9.17) is 4.99 Å². The Balaban J connectivity index is 0.00000261. The van der Waals surface area contributed by atoms with Crippen LogP contribution in [0.25, 0.3) is 0 Å². The third-order valence-corrected chi connectivity index (χ3v) is 5.53. The number of hydrogen-bond acceptors (Lipinski definition) is 4. The number of thiazole rings is 1. The van der Waals surface area contributed by atoms with Crippen molar-refractivity contribution < 1.29 is 0 Å². The largest absolute Gasteiger partial charge is 0.357 e. The van der Waals surface area contributed by atoms with Crippen molar-refractivity contribution in [3.05, 3.63) is 52.0 Å². The quantitative estimate of drug-likeness (QED) is 0.344. The van der Waals surface area contributed by atoms with E-state index in [2.05, 4.69) is 57.8 Å². The molecule has 0 radical (unpaired) electrons. The summed E-state index contributed by atoms with van der Waals surface area (Å²) in [6.07, 6.45) is 4.51. The van der Waals surface area contributed by atoms with Crippen LogP contribution in [-0.4, -0.2) is 42.0 Å². The molecule has 1 aromatic heterocycles. The first-order chi connectivity index (χ1) is 12.8. The number of guanidine groups is 1. The molecule has 2 heterocycles. The molecule has 0 aliphatic carbocycles. The van der Waals surface area contributed by atoms with Crippen LogP contribution in [-0.2, 0) is 6.54 Å². The van der Waals surface area contributed by atoms with Crippen LogP contribution in [0.2, 0.25) is 0 Å². The fourth-order valence-corrected chi connectivity index (χ4v) is 4.08. The lowest BCUT2D eigenvalue weighted by molar-refractivity contribution is 0.245. The van der Waals surface area contributed by atoms with Gasteiger partial charge in [0.25, 0.3) is 0 Å². The van der Waals surface area contributed by atoms with E-state index in [9.17, 15) is 0 Å². The standard InChI is InChI=1S/C20H29N5S.HI/c1-3-21-20(23-14-18-13-22-16(2)26-18)24-15-19(25-11-7-8-12-25)17-9-5-4-6-10-17;/h4-6,9-10,13,19H,3,7-8,11-12,14-15H2,1-2H3,(H2,21,23,24);1H. The van der Waals surface area contributed by atoms with Crippen molar-refractivity contribution in [1.82, 2.24) is 20.5 Å². The summed E-state index contributed by atoms with van der Waals surface area (Å²) in [5, 5.41) is 8.01. The summed E-state index contributed by atoms with van der Waals surface area (Å²) in [5.41, 5.74) is 1.37. The summed E-state index contributed by atoms with van der Waals surface area (Å²) in [6.45, 7) is 8.86. The van der Waals surface area contributed by atoms with Crippen LogP contribution >= 0.6 is 35.3 Å². The molecule has 1 aromatic carbocycles. The number of hydrogen-bond donors (Lipinski definition) is 2. The minimum atomic E-state index is 0. The smallest absolute Gasteiger partial charge is 0.191 e. The minimum absolute atomic E-state index is 0. The van der Waals surface area contributed by atoms with E-state index in [1.54, 1.807) is 11.3 Å². The fraction of sp³-hybridized carbons (Fsp3) is 0.500. The first-order valence-electron chi connectivity index (χ1n) is 9.48. The molecule has 0 saturated carbocycles.